The highest BCUT2D eigenvalue weighted by molar-refractivity contribution is 5.80. The van der Waals surface area contributed by atoms with Gasteiger partial charge in [-0.2, -0.15) is 0 Å². The van der Waals surface area contributed by atoms with Crippen molar-refractivity contribution in [1.29, 1.82) is 0 Å². The van der Waals surface area contributed by atoms with E-state index in [9.17, 15) is 9.59 Å². The van der Waals surface area contributed by atoms with Crippen LogP contribution in [0.1, 0.15) is 48.8 Å². The van der Waals surface area contributed by atoms with Crippen LogP contribution >= 0.6 is 0 Å². The highest BCUT2D eigenvalue weighted by Crippen LogP contribution is 2.18. The summed E-state index contributed by atoms with van der Waals surface area (Å²) in [6.07, 6.45) is 6.35. The number of carbonyl (C=O) groups excluding carboxylic acids is 2. The van der Waals surface area contributed by atoms with Crippen LogP contribution in [-0.2, 0) is 11.2 Å². The van der Waals surface area contributed by atoms with E-state index in [0.29, 0.717) is 38.6 Å². The number of carbonyl (C=O) groups is 2. The number of aryl methyl sites for hydroxylation is 2. The lowest BCUT2D eigenvalue weighted by Crippen LogP contribution is -2.55. The van der Waals surface area contributed by atoms with Gasteiger partial charge in [-0.1, -0.05) is 43.0 Å². The molecule has 1 N–H and O–H groups in total. The zero-order valence-electron chi connectivity index (χ0n) is 16.1. The molecule has 0 atom stereocenters. The average molecular weight is 357 g/mol. The Morgan fingerprint density at radius 2 is 1.65 bits per heavy atom. The number of rotatable bonds is 3. The minimum absolute atomic E-state index is 0.0403. The lowest BCUT2D eigenvalue weighted by molar-refractivity contribution is -0.131. The van der Waals surface area contributed by atoms with E-state index in [0.717, 1.165) is 24.0 Å². The van der Waals surface area contributed by atoms with Crippen molar-refractivity contribution in [2.75, 3.05) is 26.2 Å². The molecule has 3 rings (SSSR count). The molecule has 0 aromatic heterocycles. The van der Waals surface area contributed by atoms with Crippen molar-refractivity contribution in [2.45, 2.75) is 58.4 Å². The molecule has 3 amide bonds. The first-order valence-corrected chi connectivity index (χ1v) is 9.92. The lowest BCUT2D eigenvalue weighted by atomic mass is 9.96. The molecule has 5 heteroatoms. The molecule has 1 aliphatic heterocycles. The molecule has 1 aliphatic carbocycles. The summed E-state index contributed by atoms with van der Waals surface area (Å²) in [4.78, 5) is 28.8. The molecule has 0 radical (unpaired) electrons. The fourth-order valence-electron chi connectivity index (χ4n) is 3.94. The molecule has 1 heterocycles. The molecule has 5 nitrogen and oxygen atoms in total. The fourth-order valence-corrected chi connectivity index (χ4v) is 3.94. The predicted molar refractivity (Wildman–Crippen MR) is 103 cm³/mol. The van der Waals surface area contributed by atoms with Crippen LogP contribution in [0.3, 0.4) is 0 Å². The van der Waals surface area contributed by atoms with Gasteiger partial charge in [-0.15, -0.1) is 0 Å². The van der Waals surface area contributed by atoms with E-state index >= 15 is 0 Å². The summed E-state index contributed by atoms with van der Waals surface area (Å²) >= 11 is 0. The van der Waals surface area contributed by atoms with Crippen molar-refractivity contribution < 1.29 is 9.59 Å². The van der Waals surface area contributed by atoms with Crippen molar-refractivity contribution in [2.24, 2.45) is 0 Å². The molecule has 1 saturated heterocycles. The van der Waals surface area contributed by atoms with E-state index in [1.54, 1.807) is 0 Å². The second-order valence-corrected chi connectivity index (χ2v) is 7.76. The number of hydrogen-bond donors (Lipinski definition) is 1. The maximum Gasteiger partial charge on any atom is 0.317 e. The topological polar surface area (TPSA) is 52.7 Å². The number of urea groups is 1. The monoisotopic (exact) mass is 357 g/mol. The summed E-state index contributed by atoms with van der Waals surface area (Å²) < 4.78 is 0. The van der Waals surface area contributed by atoms with Gasteiger partial charge in [0.05, 0.1) is 6.42 Å². The number of hydrogen-bond acceptors (Lipinski definition) is 2. The first kappa shape index (κ1) is 18.7. The normalized spacial score (nSPS) is 18.7. The molecule has 0 unspecified atom stereocenters. The first-order valence-electron chi connectivity index (χ1n) is 9.92. The molecule has 26 heavy (non-hydrogen) atoms. The average Bonchev–Trinajstić information content (AvgIpc) is 2.65. The molecule has 1 aromatic rings. The zero-order chi connectivity index (χ0) is 18.5. The summed E-state index contributed by atoms with van der Waals surface area (Å²) in [7, 11) is 0. The van der Waals surface area contributed by atoms with Crippen molar-refractivity contribution in [3.8, 4) is 0 Å². The van der Waals surface area contributed by atoms with Crippen LogP contribution in [0, 0.1) is 13.8 Å². The summed E-state index contributed by atoms with van der Waals surface area (Å²) in [5.74, 6) is 0.158. The van der Waals surface area contributed by atoms with Gasteiger partial charge in [0.25, 0.3) is 0 Å². The first-order chi connectivity index (χ1) is 12.5. The minimum atomic E-state index is 0.0403. The molecule has 142 valence electrons. The van der Waals surface area contributed by atoms with Crippen LogP contribution in [0.5, 0.6) is 0 Å². The van der Waals surface area contributed by atoms with Gasteiger partial charge in [-0.3, -0.25) is 4.79 Å². The third-order valence-corrected chi connectivity index (χ3v) is 5.70. The van der Waals surface area contributed by atoms with Gasteiger partial charge in [0.2, 0.25) is 5.91 Å². The van der Waals surface area contributed by atoms with E-state index < -0.39 is 0 Å². The highest BCUT2D eigenvalue weighted by Gasteiger charge is 2.26. The molecule has 1 saturated carbocycles. The predicted octanol–water partition coefficient (Wildman–Crippen LogP) is 3.03. The quantitative estimate of drug-likeness (QED) is 0.904. The molecule has 2 fully saturated rings. The fraction of sp³-hybridized carbons (Fsp3) is 0.619. The van der Waals surface area contributed by atoms with Gasteiger partial charge in [0, 0.05) is 32.2 Å². The number of nitrogens with one attached hydrogen (secondary N) is 1. The second-order valence-electron chi connectivity index (χ2n) is 7.76. The second kappa shape index (κ2) is 8.56. The maximum absolute atomic E-state index is 12.6. The van der Waals surface area contributed by atoms with Gasteiger partial charge < -0.3 is 15.1 Å². The smallest absolute Gasteiger partial charge is 0.317 e. The van der Waals surface area contributed by atoms with Gasteiger partial charge in [-0.05, 0) is 37.8 Å². The highest BCUT2D eigenvalue weighted by atomic mass is 16.2. The number of amides is 3. The minimum Gasteiger partial charge on any atom is -0.339 e. The zero-order valence-corrected chi connectivity index (χ0v) is 16.1. The van der Waals surface area contributed by atoms with Crippen LogP contribution in [-0.4, -0.2) is 54.0 Å². The molecule has 1 aromatic carbocycles. The molecular formula is C21H31N3O2. The maximum atomic E-state index is 12.6. The molecule has 0 spiro atoms. The summed E-state index contributed by atoms with van der Waals surface area (Å²) in [5.41, 5.74) is 3.45. The Balaban J connectivity index is 1.47. The Bertz CT molecular complexity index is 645. The Morgan fingerprint density at radius 1 is 1.00 bits per heavy atom. The van der Waals surface area contributed by atoms with Crippen LogP contribution in [0.25, 0.3) is 0 Å². The van der Waals surface area contributed by atoms with Crippen molar-refractivity contribution in [1.82, 2.24) is 15.1 Å². The Morgan fingerprint density at radius 3 is 2.35 bits per heavy atom. The van der Waals surface area contributed by atoms with Gasteiger partial charge >= 0.3 is 6.03 Å². The third-order valence-electron chi connectivity index (χ3n) is 5.70. The van der Waals surface area contributed by atoms with E-state index in [2.05, 4.69) is 37.4 Å². The van der Waals surface area contributed by atoms with Crippen molar-refractivity contribution >= 4 is 11.9 Å². The Labute approximate surface area is 156 Å². The SMILES string of the molecule is Cc1ccc(C)c(CC(=O)N2CCN(C(=O)NC3CCCCC3)CC2)c1. The van der Waals surface area contributed by atoms with Crippen LogP contribution in [0.4, 0.5) is 4.79 Å². The number of piperazine rings is 1. The van der Waals surface area contributed by atoms with Gasteiger partial charge in [0.15, 0.2) is 0 Å². The van der Waals surface area contributed by atoms with Crippen molar-refractivity contribution in [3.63, 3.8) is 0 Å². The lowest BCUT2D eigenvalue weighted by Gasteiger charge is -2.36. The number of nitrogens with zero attached hydrogens (tertiary/aromatic N) is 2. The van der Waals surface area contributed by atoms with Crippen LogP contribution in [0.15, 0.2) is 18.2 Å². The largest absolute Gasteiger partial charge is 0.339 e. The summed E-state index contributed by atoms with van der Waals surface area (Å²) in [6.45, 7) is 6.60. The van der Waals surface area contributed by atoms with E-state index in [-0.39, 0.29) is 11.9 Å². The third kappa shape index (κ3) is 4.77. The molecular weight excluding hydrogens is 326 g/mol. The molecule has 2 aliphatic rings. The van der Waals surface area contributed by atoms with Gasteiger partial charge in [0.1, 0.15) is 0 Å². The summed E-state index contributed by atoms with van der Waals surface area (Å²) in [6, 6.07) is 6.62. The van der Waals surface area contributed by atoms with Crippen LogP contribution in [0.2, 0.25) is 0 Å². The Kier molecular flexibility index (Phi) is 6.17. The number of benzene rings is 1. The summed E-state index contributed by atoms with van der Waals surface area (Å²) in [5, 5.41) is 3.17. The van der Waals surface area contributed by atoms with Crippen molar-refractivity contribution in [3.05, 3.63) is 34.9 Å². The van der Waals surface area contributed by atoms with E-state index in [1.807, 2.05) is 9.80 Å². The Hall–Kier alpha value is -2.04. The van der Waals surface area contributed by atoms with Gasteiger partial charge in [-0.25, -0.2) is 4.79 Å². The molecule has 0 bridgehead atoms. The standard InChI is InChI=1S/C21H31N3O2/c1-16-8-9-17(2)18(14-16)15-20(25)23-10-12-24(13-11-23)21(26)22-19-6-4-3-5-7-19/h8-9,14,19H,3-7,10-13,15H2,1-2H3,(H,22,26). The van der Waals surface area contributed by atoms with E-state index in [4.69, 9.17) is 0 Å². The van der Waals surface area contributed by atoms with Crippen LogP contribution < -0.4 is 5.32 Å². The van der Waals surface area contributed by atoms with E-state index in [1.165, 1.54) is 24.8 Å².